The average molecular weight is 439 g/mol. The summed E-state index contributed by atoms with van der Waals surface area (Å²) in [5, 5.41) is 0. The fraction of sp³-hybridized carbons (Fsp3) is 0.500. The molecule has 0 radical (unpaired) electrons. The summed E-state index contributed by atoms with van der Waals surface area (Å²) in [6, 6.07) is 7.61. The van der Waals surface area contributed by atoms with Gasteiger partial charge in [0.25, 0.3) is 0 Å². The molecule has 22 heavy (non-hydrogen) atoms. The Kier molecular flexibility index (Phi) is 6.36. The third-order valence-corrected chi connectivity index (χ3v) is 6.69. The van der Waals surface area contributed by atoms with Crippen molar-refractivity contribution < 1.29 is 36.9 Å². The molecular formula is C12H11F7O2Sn. The van der Waals surface area contributed by atoms with Crippen LogP contribution in [-0.4, -0.2) is 42.6 Å². The third kappa shape index (κ3) is 3.97. The molecule has 0 saturated carbocycles. The summed E-state index contributed by atoms with van der Waals surface area (Å²) >= 11 is -5.40. The van der Waals surface area contributed by atoms with Crippen molar-refractivity contribution in [3.8, 4) is 0 Å². The molecule has 2 unspecified atom stereocenters. The fourth-order valence-corrected chi connectivity index (χ4v) is 4.61. The Hall–Kier alpha value is -0.711. The standard InChI is InChI=1S/C8H9O.C4H2F7.O.Sn/c1-7(9)8-5-3-2-4-6-8;5-1-3(8,9)4(10,11)2(6)7;;/h2-7H,1H3;1-2H;;/q-1;;;+1. The molecule has 1 aromatic rings. The van der Waals surface area contributed by atoms with Crippen molar-refractivity contribution in [1.29, 1.82) is 0 Å². The molecule has 0 fully saturated rings. The first kappa shape index (κ1) is 19.3. The first-order valence-corrected chi connectivity index (χ1v) is 9.93. The Bertz CT molecular complexity index is 509. The molecule has 0 bridgehead atoms. The summed E-state index contributed by atoms with van der Waals surface area (Å²) in [4.78, 5) is 0. The van der Waals surface area contributed by atoms with E-state index in [9.17, 15) is 33.8 Å². The van der Waals surface area contributed by atoms with Crippen LogP contribution in [0.15, 0.2) is 30.3 Å². The first-order chi connectivity index (χ1) is 10.0. The van der Waals surface area contributed by atoms with Gasteiger partial charge in [-0.15, -0.1) is 0 Å². The summed E-state index contributed by atoms with van der Waals surface area (Å²) in [6.07, 6.45) is -5.88. The van der Waals surface area contributed by atoms with Crippen molar-refractivity contribution in [1.82, 2.24) is 0 Å². The van der Waals surface area contributed by atoms with Gasteiger partial charge in [-0.1, -0.05) is 0 Å². The molecule has 0 heterocycles. The van der Waals surface area contributed by atoms with Gasteiger partial charge >= 0.3 is 128 Å². The minimum atomic E-state index is -5.93. The zero-order valence-corrected chi connectivity index (χ0v) is 13.9. The van der Waals surface area contributed by atoms with Crippen molar-refractivity contribution in [3.05, 3.63) is 35.9 Å². The molecule has 0 aliphatic carbocycles. The Morgan fingerprint density at radius 3 is 1.95 bits per heavy atom. The normalized spacial score (nSPS) is 15.7. The van der Waals surface area contributed by atoms with Crippen LogP contribution in [0.2, 0.25) is 0 Å². The van der Waals surface area contributed by atoms with Crippen LogP contribution in [0.5, 0.6) is 0 Å². The van der Waals surface area contributed by atoms with E-state index in [0.717, 1.165) is 0 Å². The summed E-state index contributed by atoms with van der Waals surface area (Å²) in [5.74, 6) is -11.7. The van der Waals surface area contributed by atoms with E-state index in [2.05, 4.69) is 3.07 Å². The Labute approximate surface area is 128 Å². The SMILES string of the molecule is CC([O][Sn](=[O])[CH](F)C(F)(F)C(F)(F)C(F)F)c1ccccc1. The van der Waals surface area contributed by atoms with E-state index < -0.39 is 48.7 Å². The van der Waals surface area contributed by atoms with Gasteiger partial charge in [-0.05, 0) is 0 Å². The Balaban J connectivity index is 2.85. The monoisotopic (exact) mass is 440 g/mol. The van der Waals surface area contributed by atoms with E-state index in [0.29, 0.717) is 5.56 Å². The predicted molar refractivity (Wildman–Crippen MR) is 63.2 cm³/mol. The van der Waals surface area contributed by atoms with Gasteiger partial charge < -0.3 is 0 Å². The maximum atomic E-state index is 13.4. The van der Waals surface area contributed by atoms with Crippen molar-refractivity contribution in [2.75, 3.05) is 0 Å². The molecule has 0 saturated heterocycles. The summed E-state index contributed by atoms with van der Waals surface area (Å²) in [6.45, 7) is 1.25. The van der Waals surface area contributed by atoms with E-state index in [-0.39, 0.29) is 0 Å². The second-order valence-corrected chi connectivity index (χ2v) is 8.34. The molecule has 10 heteroatoms. The molecule has 1 rings (SSSR count). The first-order valence-electron chi connectivity index (χ1n) is 5.95. The number of hydrogen-bond donors (Lipinski definition) is 0. The molecule has 1 aromatic carbocycles. The van der Waals surface area contributed by atoms with Crippen LogP contribution in [0.1, 0.15) is 18.6 Å². The van der Waals surface area contributed by atoms with Crippen molar-refractivity contribution in [2.45, 2.75) is 35.5 Å². The predicted octanol–water partition coefficient (Wildman–Crippen LogP) is 4.10. The van der Waals surface area contributed by atoms with E-state index >= 15 is 0 Å². The molecule has 0 N–H and O–H groups in total. The summed E-state index contributed by atoms with van der Waals surface area (Å²) in [7, 11) is 0. The van der Waals surface area contributed by atoms with Gasteiger partial charge in [0.15, 0.2) is 0 Å². The average Bonchev–Trinajstić information content (AvgIpc) is 2.46. The number of hydrogen-bond acceptors (Lipinski definition) is 2. The van der Waals surface area contributed by atoms with Gasteiger partial charge in [-0.3, -0.25) is 0 Å². The van der Waals surface area contributed by atoms with Crippen molar-refractivity contribution >= 4 is 20.2 Å². The van der Waals surface area contributed by atoms with Crippen LogP contribution in [0.25, 0.3) is 0 Å². The number of alkyl halides is 7. The van der Waals surface area contributed by atoms with Crippen LogP contribution in [0.3, 0.4) is 0 Å². The van der Waals surface area contributed by atoms with Crippen molar-refractivity contribution in [2.24, 2.45) is 0 Å². The van der Waals surface area contributed by atoms with Crippen LogP contribution in [0.4, 0.5) is 30.7 Å². The molecule has 0 spiro atoms. The molecule has 0 aliphatic rings. The van der Waals surface area contributed by atoms with Crippen LogP contribution < -0.4 is 0 Å². The maximum absolute atomic E-state index is 13.4. The zero-order chi connectivity index (χ0) is 17.1. The van der Waals surface area contributed by atoms with Crippen molar-refractivity contribution in [3.63, 3.8) is 0 Å². The van der Waals surface area contributed by atoms with Crippen LogP contribution >= 0.6 is 0 Å². The third-order valence-electron chi connectivity index (χ3n) is 2.81. The molecule has 2 nitrogen and oxygen atoms in total. The number of halogens is 7. The second kappa shape index (κ2) is 7.24. The molecule has 0 aliphatic heterocycles. The minimum absolute atomic E-state index is 0.354. The zero-order valence-electron chi connectivity index (χ0n) is 11.1. The van der Waals surface area contributed by atoms with Gasteiger partial charge in [-0.2, -0.15) is 0 Å². The number of benzene rings is 1. The Morgan fingerprint density at radius 2 is 1.50 bits per heavy atom. The fourth-order valence-electron chi connectivity index (χ4n) is 1.49. The van der Waals surface area contributed by atoms with Gasteiger partial charge in [-0.25, -0.2) is 0 Å². The molecule has 0 amide bonds. The Morgan fingerprint density at radius 1 is 1.00 bits per heavy atom. The molecule has 2 atom stereocenters. The van der Waals surface area contributed by atoms with Gasteiger partial charge in [0.2, 0.25) is 0 Å². The van der Waals surface area contributed by atoms with Gasteiger partial charge in [0.05, 0.1) is 0 Å². The quantitative estimate of drug-likeness (QED) is 0.473. The topological polar surface area (TPSA) is 26.3 Å². The molecule has 0 aromatic heterocycles. The summed E-state index contributed by atoms with van der Waals surface area (Å²) in [5.41, 5.74) is 0.354. The van der Waals surface area contributed by atoms with E-state index in [1.807, 2.05) is 0 Å². The number of rotatable bonds is 7. The van der Waals surface area contributed by atoms with Gasteiger partial charge in [0.1, 0.15) is 0 Å². The van der Waals surface area contributed by atoms with E-state index in [4.69, 9.17) is 0 Å². The van der Waals surface area contributed by atoms with Crippen LogP contribution in [0, 0.1) is 0 Å². The van der Waals surface area contributed by atoms with E-state index in [1.165, 1.54) is 31.2 Å². The molecular weight excluding hydrogens is 428 g/mol. The summed E-state index contributed by atoms with van der Waals surface area (Å²) < 4.78 is 101. The van der Waals surface area contributed by atoms with Gasteiger partial charge in [0, 0.05) is 0 Å². The van der Waals surface area contributed by atoms with Crippen LogP contribution in [-0.2, 0) is 6.15 Å². The van der Waals surface area contributed by atoms with E-state index in [1.54, 1.807) is 6.07 Å². The second-order valence-electron chi connectivity index (χ2n) is 4.40. The molecule has 124 valence electrons.